The monoisotopic (exact) mass is 416 g/mol. The van der Waals surface area contributed by atoms with E-state index in [0.29, 0.717) is 44.9 Å². The predicted octanol–water partition coefficient (Wildman–Crippen LogP) is 1.13. The smallest absolute Gasteiger partial charge is 0.317 e. The third-order valence-electron chi connectivity index (χ3n) is 6.79. The van der Waals surface area contributed by atoms with Gasteiger partial charge in [-0.2, -0.15) is 0 Å². The molecular weight excluding hydrogens is 384 g/mol. The number of anilines is 1. The number of hydrogen-bond acceptors (Lipinski definition) is 6. The SMILES string of the molecule is O=C(O)CN1CCC(O)(C(=O)N2CCC(Cc3ccc4c(n3)NCCC4)CC2)CC1. The Morgan fingerprint density at radius 1 is 1.17 bits per heavy atom. The molecule has 1 amide bonds. The summed E-state index contributed by atoms with van der Waals surface area (Å²) >= 11 is 0. The summed E-state index contributed by atoms with van der Waals surface area (Å²) in [5, 5.41) is 23.2. The van der Waals surface area contributed by atoms with Crippen molar-refractivity contribution in [3.8, 4) is 0 Å². The fourth-order valence-corrected chi connectivity index (χ4v) is 4.90. The molecular formula is C22H32N4O4. The number of carbonyl (C=O) groups is 2. The summed E-state index contributed by atoms with van der Waals surface area (Å²) in [5.41, 5.74) is 1.05. The summed E-state index contributed by atoms with van der Waals surface area (Å²) < 4.78 is 0. The van der Waals surface area contributed by atoms with Crippen LogP contribution >= 0.6 is 0 Å². The van der Waals surface area contributed by atoms with E-state index >= 15 is 0 Å². The average Bonchev–Trinajstić information content (AvgIpc) is 2.75. The number of amides is 1. The fraction of sp³-hybridized carbons (Fsp3) is 0.682. The number of carboxylic acid groups (broad SMARTS) is 1. The highest BCUT2D eigenvalue weighted by Gasteiger charge is 2.42. The molecule has 164 valence electrons. The largest absolute Gasteiger partial charge is 0.480 e. The zero-order valence-corrected chi connectivity index (χ0v) is 17.5. The number of aromatic nitrogens is 1. The first-order valence-corrected chi connectivity index (χ1v) is 11.1. The van der Waals surface area contributed by atoms with E-state index in [1.165, 1.54) is 5.56 Å². The maximum absolute atomic E-state index is 12.9. The molecule has 0 spiro atoms. The van der Waals surface area contributed by atoms with Gasteiger partial charge in [0.15, 0.2) is 0 Å². The first-order chi connectivity index (χ1) is 14.4. The number of likely N-dealkylation sites (tertiary alicyclic amines) is 2. The Hall–Kier alpha value is -2.19. The second kappa shape index (κ2) is 8.89. The first-order valence-electron chi connectivity index (χ1n) is 11.1. The van der Waals surface area contributed by atoms with E-state index in [9.17, 15) is 14.7 Å². The molecule has 3 N–H and O–H groups in total. The van der Waals surface area contributed by atoms with Gasteiger partial charge in [0.05, 0.1) is 6.54 Å². The van der Waals surface area contributed by atoms with Crippen molar-refractivity contribution in [1.29, 1.82) is 0 Å². The number of nitrogens with one attached hydrogen (secondary N) is 1. The number of hydrogen-bond donors (Lipinski definition) is 3. The van der Waals surface area contributed by atoms with Crippen LogP contribution in [0.1, 0.15) is 43.4 Å². The molecule has 0 radical (unpaired) electrons. The minimum absolute atomic E-state index is 0.0398. The summed E-state index contributed by atoms with van der Waals surface area (Å²) in [6.45, 7) is 3.14. The van der Waals surface area contributed by atoms with Crippen LogP contribution in [0.25, 0.3) is 0 Å². The number of fused-ring (bicyclic) bond motifs is 1. The molecule has 0 atom stereocenters. The molecule has 4 heterocycles. The van der Waals surface area contributed by atoms with E-state index in [1.54, 1.807) is 9.80 Å². The molecule has 0 bridgehead atoms. The highest BCUT2D eigenvalue weighted by atomic mass is 16.4. The van der Waals surface area contributed by atoms with Gasteiger partial charge in [-0.05, 0) is 62.5 Å². The van der Waals surface area contributed by atoms with Crippen molar-refractivity contribution in [3.05, 3.63) is 23.4 Å². The van der Waals surface area contributed by atoms with Gasteiger partial charge in [0.1, 0.15) is 11.4 Å². The van der Waals surface area contributed by atoms with Crippen molar-refractivity contribution in [2.24, 2.45) is 5.92 Å². The molecule has 2 fully saturated rings. The maximum atomic E-state index is 12.9. The van der Waals surface area contributed by atoms with Gasteiger partial charge in [-0.15, -0.1) is 0 Å². The summed E-state index contributed by atoms with van der Waals surface area (Å²) in [6, 6.07) is 4.33. The van der Waals surface area contributed by atoms with Gasteiger partial charge in [0, 0.05) is 38.4 Å². The Labute approximate surface area is 177 Å². The second-order valence-electron chi connectivity index (χ2n) is 8.98. The Balaban J connectivity index is 1.27. The van der Waals surface area contributed by atoms with Crippen molar-refractivity contribution < 1.29 is 19.8 Å². The van der Waals surface area contributed by atoms with Crippen LogP contribution in [0.2, 0.25) is 0 Å². The number of aliphatic carboxylic acids is 1. The molecule has 3 aliphatic rings. The zero-order chi connectivity index (χ0) is 21.1. The van der Waals surface area contributed by atoms with Crippen LogP contribution < -0.4 is 5.32 Å². The van der Waals surface area contributed by atoms with Crippen LogP contribution in [0.4, 0.5) is 5.82 Å². The van der Waals surface area contributed by atoms with E-state index in [4.69, 9.17) is 10.1 Å². The number of pyridine rings is 1. The molecule has 4 rings (SSSR count). The minimum Gasteiger partial charge on any atom is -0.480 e. The van der Waals surface area contributed by atoms with Crippen LogP contribution in [0.5, 0.6) is 0 Å². The Morgan fingerprint density at radius 2 is 1.90 bits per heavy atom. The Kier molecular flexibility index (Phi) is 6.24. The number of nitrogens with zero attached hydrogens (tertiary/aromatic N) is 3. The van der Waals surface area contributed by atoms with Crippen LogP contribution in [-0.4, -0.2) is 81.7 Å². The molecule has 2 saturated heterocycles. The molecule has 8 nitrogen and oxygen atoms in total. The van der Waals surface area contributed by atoms with Crippen molar-refractivity contribution in [2.45, 2.75) is 50.5 Å². The fourth-order valence-electron chi connectivity index (χ4n) is 4.90. The Bertz CT molecular complexity index is 783. The molecule has 1 aromatic rings. The quantitative estimate of drug-likeness (QED) is 0.661. The normalized spacial score (nSPS) is 22.2. The third-order valence-corrected chi connectivity index (χ3v) is 6.79. The molecule has 1 aromatic heterocycles. The van der Waals surface area contributed by atoms with Crippen molar-refractivity contribution in [3.63, 3.8) is 0 Å². The molecule has 8 heteroatoms. The van der Waals surface area contributed by atoms with Gasteiger partial charge in [-0.3, -0.25) is 14.5 Å². The number of aryl methyl sites for hydroxylation is 1. The lowest BCUT2D eigenvalue weighted by atomic mass is 9.87. The van der Waals surface area contributed by atoms with Crippen molar-refractivity contribution >= 4 is 17.7 Å². The molecule has 0 aliphatic carbocycles. The van der Waals surface area contributed by atoms with E-state index in [2.05, 4.69) is 17.4 Å². The van der Waals surface area contributed by atoms with Gasteiger partial charge in [0.25, 0.3) is 5.91 Å². The standard InChI is InChI=1S/C22H32N4O4/c27-19(28)15-25-12-7-22(30,8-13-25)21(29)26-10-5-16(6-11-26)14-18-4-3-17-2-1-9-23-20(17)24-18/h3-4,16,30H,1-2,5-15H2,(H,23,24)(H,27,28). The third kappa shape index (κ3) is 4.75. The lowest BCUT2D eigenvalue weighted by Crippen LogP contribution is -2.56. The van der Waals surface area contributed by atoms with Crippen LogP contribution in [0, 0.1) is 5.92 Å². The lowest BCUT2D eigenvalue weighted by Gasteiger charge is -2.41. The van der Waals surface area contributed by atoms with Gasteiger partial charge in [0.2, 0.25) is 0 Å². The highest BCUT2D eigenvalue weighted by molar-refractivity contribution is 5.85. The van der Waals surface area contributed by atoms with Crippen LogP contribution in [0.15, 0.2) is 12.1 Å². The van der Waals surface area contributed by atoms with E-state index in [0.717, 1.165) is 50.2 Å². The summed E-state index contributed by atoms with van der Waals surface area (Å²) in [7, 11) is 0. The molecule has 3 aliphatic heterocycles. The number of carboxylic acids is 1. The minimum atomic E-state index is -1.35. The zero-order valence-electron chi connectivity index (χ0n) is 17.5. The number of piperidine rings is 2. The number of rotatable bonds is 5. The number of carbonyl (C=O) groups excluding carboxylic acids is 1. The summed E-state index contributed by atoms with van der Waals surface area (Å²) in [5.74, 6) is 0.461. The van der Waals surface area contributed by atoms with Gasteiger partial charge in [-0.25, -0.2) is 4.98 Å². The van der Waals surface area contributed by atoms with Crippen LogP contribution in [0.3, 0.4) is 0 Å². The maximum Gasteiger partial charge on any atom is 0.317 e. The highest BCUT2D eigenvalue weighted by Crippen LogP contribution is 2.29. The molecule has 30 heavy (non-hydrogen) atoms. The summed E-state index contributed by atoms with van der Waals surface area (Å²) in [6.07, 6.45) is 5.59. The van der Waals surface area contributed by atoms with Gasteiger partial charge < -0.3 is 20.4 Å². The average molecular weight is 417 g/mol. The molecule has 0 saturated carbocycles. The predicted molar refractivity (Wildman–Crippen MR) is 112 cm³/mol. The first kappa shape index (κ1) is 21.1. The van der Waals surface area contributed by atoms with Gasteiger partial charge in [-0.1, -0.05) is 6.07 Å². The summed E-state index contributed by atoms with van der Waals surface area (Å²) in [4.78, 5) is 32.2. The van der Waals surface area contributed by atoms with E-state index < -0.39 is 11.6 Å². The van der Waals surface area contributed by atoms with Crippen molar-refractivity contribution in [1.82, 2.24) is 14.8 Å². The lowest BCUT2D eigenvalue weighted by molar-refractivity contribution is -0.158. The number of aliphatic hydroxyl groups is 1. The van der Waals surface area contributed by atoms with E-state index in [-0.39, 0.29) is 12.5 Å². The Morgan fingerprint density at radius 3 is 2.60 bits per heavy atom. The topological polar surface area (TPSA) is 106 Å². The second-order valence-corrected chi connectivity index (χ2v) is 8.98. The van der Waals surface area contributed by atoms with E-state index in [1.807, 2.05) is 0 Å². The van der Waals surface area contributed by atoms with Gasteiger partial charge >= 0.3 is 5.97 Å². The molecule has 0 unspecified atom stereocenters. The van der Waals surface area contributed by atoms with Crippen LogP contribution in [-0.2, 0) is 22.4 Å². The van der Waals surface area contributed by atoms with Crippen molar-refractivity contribution in [2.75, 3.05) is 44.6 Å². The molecule has 0 aromatic carbocycles.